The maximum absolute atomic E-state index is 3.74. The fourth-order valence-corrected chi connectivity index (χ4v) is 2.57. The Morgan fingerprint density at radius 3 is 2.64 bits per heavy atom. The largest absolute Gasteiger partial charge is 0.316 e. The first-order valence-electron chi connectivity index (χ1n) is 6.17. The van der Waals surface area contributed by atoms with Crippen LogP contribution >= 0.6 is 0 Å². The minimum absolute atomic E-state index is 0.537. The van der Waals surface area contributed by atoms with E-state index in [4.69, 9.17) is 0 Å². The van der Waals surface area contributed by atoms with Crippen molar-refractivity contribution in [3.8, 4) is 0 Å². The topological polar surface area (TPSA) is 24.1 Å². The van der Waals surface area contributed by atoms with E-state index in [1.54, 1.807) is 0 Å². The van der Waals surface area contributed by atoms with Gasteiger partial charge in [-0.05, 0) is 37.1 Å². The van der Waals surface area contributed by atoms with Crippen molar-refractivity contribution in [2.75, 3.05) is 19.6 Å². The first kappa shape index (κ1) is 10.4. The van der Waals surface area contributed by atoms with Crippen LogP contribution in [0.5, 0.6) is 0 Å². The molecule has 1 saturated carbocycles. The smallest absolute Gasteiger partial charge is 0.00673 e. The van der Waals surface area contributed by atoms with E-state index in [2.05, 4.69) is 24.5 Å². The van der Waals surface area contributed by atoms with Crippen molar-refractivity contribution >= 4 is 0 Å². The maximum Gasteiger partial charge on any atom is 0.00673 e. The van der Waals surface area contributed by atoms with Crippen molar-refractivity contribution in [3.63, 3.8) is 0 Å². The summed E-state index contributed by atoms with van der Waals surface area (Å²) in [6.45, 7) is 8.39. The molecule has 0 bridgehead atoms. The predicted octanol–water partition coefficient (Wildman–Crippen LogP) is 1.76. The van der Waals surface area contributed by atoms with Crippen molar-refractivity contribution < 1.29 is 0 Å². The number of hydrogen-bond donors (Lipinski definition) is 2. The Hall–Kier alpha value is -0.0800. The van der Waals surface area contributed by atoms with Crippen LogP contribution in [0.2, 0.25) is 0 Å². The maximum atomic E-state index is 3.74. The van der Waals surface area contributed by atoms with Crippen LogP contribution in [0.3, 0.4) is 0 Å². The van der Waals surface area contributed by atoms with Crippen LogP contribution in [0.1, 0.15) is 39.5 Å². The Bertz CT molecular complexity index is 179. The van der Waals surface area contributed by atoms with Gasteiger partial charge in [0.05, 0.1) is 0 Å². The molecule has 2 fully saturated rings. The van der Waals surface area contributed by atoms with Gasteiger partial charge in [-0.3, -0.25) is 0 Å². The lowest BCUT2D eigenvalue weighted by Crippen LogP contribution is -2.46. The molecule has 0 radical (unpaired) electrons. The third kappa shape index (κ3) is 1.96. The Morgan fingerprint density at radius 1 is 1.43 bits per heavy atom. The third-order valence-corrected chi connectivity index (χ3v) is 4.35. The second-order valence-electron chi connectivity index (χ2n) is 5.45. The van der Waals surface area contributed by atoms with E-state index in [0.29, 0.717) is 5.41 Å². The van der Waals surface area contributed by atoms with Gasteiger partial charge in [-0.15, -0.1) is 0 Å². The lowest BCUT2D eigenvalue weighted by Gasteiger charge is -2.37. The van der Waals surface area contributed by atoms with Crippen molar-refractivity contribution in [1.29, 1.82) is 0 Å². The van der Waals surface area contributed by atoms with Gasteiger partial charge in [0.2, 0.25) is 0 Å². The summed E-state index contributed by atoms with van der Waals surface area (Å²) in [4.78, 5) is 0. The Labute approximate surface area is 87.8 Å². The standard InChI is InChI=1S/C12H24N2/c1-10(2)12(6-7-13-8-12)9-14-11-4-3-5-11/h10-11,13-14H,3-9H2,1-2H3. The third-order valence-electron chi connectivity index (χ3n) is 4.35. The molecule has 0 aromatic carbocycles. The molecule has 1 aliphatic heterocycles. The zero-order valence-electron chi connectivity index (χ0n) is 9.60. The SMILES string of the molecule is CC(C)C1(CNC2CCC2)CCNC1. The summed E-state index contributed by atoms with van der Waals surface area (Å²) in [5.41, 5.74) is 0.537. The molecule has 2 nitrogen and oxygen atoms in total. The summed E-state index contributed by atoms with van der Waals surface area (Å²) in [7, 11) is 0. The molecule has 0 aromatic heterocycles. The van der Waals surface area contributed by atoms with Crippen LogP contribution in [-0.2, 0) is 0 Å². The molecule has 1 atom stereocenters. The lowest BCUT2D eigenvalue weighted by molar-refractivity contribution is 0.185. The lowest BCUT2D eigenvalue weighted by atomic mass is 9.76. The molecule has 1 heterocycles. The minimum atomic E-state index is 0.537. The molecule has 1 aliphatic carbocycles. The van der Waals surface area contributed by atoms with Crippen LogP contribution in [0.4, 0.5) is 0 Å². The Morgan fingerprint density at radius 2 is 2.21 bits per heavy atom. The van der Waals surface area contributed by atoms with Crippen molar-refractivity contribution in [3.05, 3.63) is 0 Å². The van der Waals surface area contributed by atoms with Crippen LogP contribution in [-0.4, -0.2) is 25.7 Å². The van der Waals surface area contributed by atoms with Gasteiger partial charge >= 0.3 is 0 Å². The van der Waals surface area contributed by atoms with Crippen molar-refractivity contribution in [2.24, 2.45) is 11.3 Å². The zero-order chi connectivity index (χ0) is 10.0. The first-order chi connectivity index (χ1) is 6.73. The quantitative estimate of drug-likeness (QED) is 0.716. The molecule has 2 heteroatoms. The van der Waals surface area contributed by atoms with Crippen molar-refractivity contribution in [1.82, 2.24) is 10.6 Å². The van der Waals surface area contributed by atoms with Crippen LogP contribution in [0, 0.1) is 11.3 Å². The molecule has 14 heavy (non-hydrogen) atoms. The summed E-state index contributed by atoms with van der Waals surface area (Å²) >= 11 is 0. The van der Waals surface area contributed by atoms with E-state index >= 15 is 0 Å². The summed E-state index contributed by atoms with van der Waals surface area (Å²) < 4.78 is 0. The Balaban J connectivity index is 1.83. The molecule has 0 amide bonds. The van der Waals surface area contributed by atoms with Gasteiger partial charge in [-0.25, -0.2) is 0 Å². The molecular weight excluding hydrogens is 172 g/mol. The second kappa shape index (κ2) is 4.19. The van der Waals surface area contributed by atoms with E-state index in [9.17, 15) is 0 Å². The highest BCUT2D eigenvalue weighted by Gasteiger charge is 2.37. The van der Waals surface area contributed by atoms with Gasteiger partial charge in [0.15, 0.2) is 0 Å². The monoisotopic (exact) mass is 196 g/mol. The van der Waals surface area contributed by atoms with Gasteiger partial charge in [0, 0.05) is 19.1 Å². The van der Waals surface area contributed by atoms with Gasteiger partial charge in [-0.1, -0.05) is 20.3 Å². The van der Waals surface area contributed by atoms with Gasteiger partial charge in [-0.2, -0.15) is 0 Å². The predicted molar refractivity (Wildman–Crippen MR) is 60.4 cm³/mol. The molecule has 1 unspecified atom stereocenters. The average molecular weight is 196 g/mol. The van der Waals surface area contributed by atoms with E-state index in [1.807, 2.05) is 0 Å². The average Bonchev–Trinajstić information content (AvgIpc) is 2.51. The molecule has 1 saturated heterocycles. The first-order valence-corrected chi connectivity index (χ1v) is 6.17. The fraction of sp³-hybridized carbons (Fsp3) is 1.00. The molecule has 2 N–H and O–H groups in total. The van der Waals surface area contributed by atoms with Crippen molar-refractivity contribution in [2.45, 2.75) is 45.6 Å². The normalized spacial score (nSPS) is 33.6. The zero-order valence-corrected chi connectivity index (χ0v) is 9.60. The molecule has 82 valence electrons. The van der Waals surface area contributed by atoms with Gasteiger partial charge < -0.3 is 10.6 Å². The molecule has 2 aliphatic rings. The molecular formula is C12H24N2. The fourth-order valence-electron chi connectivity index (χ4n) is 2.57. The number of hydrogen-bond acceptors (Lipinski definition) is 2. The number of nitrogens with one attached hydrogen (secondary N) is 2. The highest BCUT2D eigenvalue weighted by atomic mass is 15.0. The highest BCUT2D eigenvalue weighted by molar-refractivity contribution is 4.93. The van der Waals surface area contributed by atoms with E-state index in [1.165, 1.54) is 45.3 Å². The van der Waals surface area contributed by atoms with Gasteiger partial charge in [0.25, 0.3) is 0 Å². The van der Waals surface area contributed by atoms with E-state index in [0.717, 1.165) is 12.0 Å². The van der Waals surface area contributed by atoms with E-state index < -0.39 is 0 Å². The summed E-state index contributed by atoms with van der Waals surface area (Å²) in [6, 6.07) is 0.839. The second-order valence-corrected chi connectivity index (χ2v) is 5.45. The van der Waals surface area contributed by atoms with Crippen LogP contribution in [0.25, 0.3) is 0 Å². The van der Waals surface area contributed by atoms with E-state index in [-0.39, 0.29) is 0 Å². The number of rotatable bonds is 4. The molecule has 0 aromatic rings. The summed E-state index contributed by atoms with van der Waals surface area (Å²) in [6.07, 6.45) is 5.60. The van der Waals surface area contributed by atoms with Crippen LogP contribution in [0.15, 0.2) is 0 Å². The minimum Gasteiger partial charge on any atom is -0.316 e. The summed E-state index contributed by atoms with van der Waals surface area (Å²) in [5.74, 6) is 0.796. The van der Waals surface area contributed by atoms with Crippen LogP contribution < -0.4 is 10.6 Å². The summed E-state index contributed by atoms with van der Waals surface area (Å²) in [5, 5.41) is 7.26. The molecule has 0 spiro atoms. The van der Waals surface area contributed by atoms with Gasteiger partial charge in [0.1, 0.15) is 0 Å². The molecule has 2 rings (SSSR count). The highest BCUT2D eigenvalue weighted by Crippen LogP contribution is 2.34. The Kier molecular flexibility index (Phi) is 3.13.